The first-order valence-electron chi connectivity index (χ1n) is 4.64. The number of carbonyl (C=O) groups is 2. The van der Waals surface area contributed by atoms with E-state index in [1.165, 1.54) is 15.9 Å². The molecular weight excluding hydrogens is 180 g/mol. The number of nitrogens with zero attached hydrogens (tertiary/aromatic N) is 2. The van der Waals surface area contributed by atoms with Crippen LogP contribution in [0.25, 0.3) is 0 Å². The topological polar surface area (TPSA) is 40.6 Å². The molecule has 0 bridgehead atoms. The zero-order valence-corrected chi connectivity index (χ0v) is 9.12. The summed E-state index contributed by atoms with van der Waals surface area (Å²) in [6, 6.07) is 0. The summed E-state index contributed by atoms with van der Waals surface area (Å²) in [5.74, 6) is -0.268. The molecule has 0 spiro atoms. The van der Waals surface area contributed by atoms with E-state index in [-0.39, 0.29) is 18.4 Å². The summed E-state index contributed by atoms with van der Waals surface area (Å²) in [4.78, 5) is 25.6. The van der Waals surface area contributed by atoms with E-state index in [0.29, 0.717) is 6.54 Å². The van der Waals surface area contributed by atoms with E-state index in [1.807, 2.05) is 6.92 Å². The van der Waals surface area contributed by atoms with Gasteiger partial charge in [-0.1, -0.05) is 13.5 Å². The number of amides is 2. The fraction of sp³-hybridized carbons (Fsp3) is 0.600. The summed E-state index contributed by atoms with van der Waals surface area (Å²) in [5.41, 5.74) is 0. The van der Waals surface area contributed by atoms with Crippen LogP contribution in [0.1, 0.15) is 13.3 Å². The van der Waals surface area contributed by atoms with Crippen molar-refractivity contribution in [3.63, 3.8) is 0 Å². The molecule has 0 fully saturated rings. The Morgan fingerprint density at radius 1 is 1.36 bits per heavy atom. The van der Waals surface area contributed by atoms with E-state index in [0.717, 1.165) is 6.42 Å². The molecule has 80 valence electrons. The van der Waals surface area contributed by atoms with Crippen LogP contribution in [0.3, 0.4) is 0 Å². The van der Waals surface area contributed by atoms with Gasteiger partial charge in [0.15, 0.2) is 0 Å². The molecule has 0 rings (SSSR count). The smallest absolute Gasteiger partial charge is 0.246 e. The van der Waals surface area contributed by atoms with Crippen LogP contribution in [0.4, 0.5) is 0 Å². The Kier molecular flexibility index (Phi) is 5.60. The van der Waals surface area contributed by atoms with Gasteiger partial charge in [0.25, 0.3) is 0 Å². The minimum absolute atomic E-state index is 0.0753. The lowest BCUT2D eigenvalue weighted by molar-refractivity contribution is -0.136. The molecule has 0 aromatic rings. The number of rotatable bonds is 5. The maximum atomic E-state index is 11.3. The number of carbonyl (C=O) groups excluding carboxylic acids is 2. The lowest BCUT2D eigenvalue weighted by Gasteiger charge is -2.21. The van der Waals surface area contributed by atoms with Crippen molar-refractivity contribution in [1.82, 2.24) is 9.80 Å². The first-order valence-corrected chi connectivity index (χ1v) is 4.64. The van der Waals surface area contributed by atoms with E-state index in [4.69, 9.17) is 0 Å². The second-order valence-corrected chi connectivity index (χ2v) is 3.25. The lowest BCUT2D eigenvalue weighted by atomic mass is 10.3. The van der Waals surface area contributed by atoms with Crippen LogP contribution >= 0.6 is 0 Å². The summed E-state index contributed by atoms with van der Waals surface area (Å²) in [6.45, 7) is 6.08. The van der Waals surface area contributed by atoms with Gasteiger partial charge in [-0.25, -0.2) is 0 Å². The van der Waals surface area contributed by atoms with Crippen molar-refractivity contribution in [3.05, 3.63) is 12.7 Å². The fourth-order valence-corrected chi connectivity index (χ4v) is 0.971. The molecule has 0 N–H and O–H groups in total. The Hall–Kier alpha value is -1.32. The molecule has 0 radical (unpaired) electrons. The van der Waals surface area contributed by atoms with Gasteiger partial charge < -0.3 is 9.80 Å². The van der Waals surface area contributed by atoms with Crippen molar-refractivity contribution in [2.75, 3.05) is 27.2 Å². The van der Waals surface area contributed by atoms with Crippen LogP contribution in [0, 0.1) is 0 Å². The molecule has 4 nitrogen and oxygen atoms in total. The number of likely N-dealkylation sites (N-methyl/N-ethyl adjacent to an activating group) is 1. The van der Waals surface area contributed by atoms with Crippen LogP contribution in [0.5, 0.6) is 0 Å². The molecule has 0 saturated carbocycles. The third-order valence-electron chi connectivity index (χ3n) is 1.80. The quantitative estimate of drug-likeness (QED) is 0.603. The Bertz CT molecular complexity index is 224. The largest absolute Gasteiger partial charge is 0.347 e. The van der Waals surface area contributed by atoms with Crippen LogP contribution in [0.2, 0.25) is 0 Å². The zero-order valence-electron chi connectivity index (χ0n) is 9.12. The average molecular weight is 198 g/mol. The van der Waals surface area contributed by atoms with E-state index in [1.54, 1.807) is 14.1 Å². The molecule has 0 aliphatic carbocycles. The Morgan fingerprint density at radius 2 is 1.93 bits per heavy atom. The maximum absolute atomic E-state index is 11.3. The van der Waals surface area contributed by atoms with E-state index in [9.17, 15) is 9.59 Å². The highest BCUT2D eigenvalue weighted by Crippen LogP contribution is 1.95. The fourth-order valence-electron chi connectivity index (χ4n) is 0.971. The molecule has 2 amide bonds. The van der Waals surface area contributed by atoms with Crippen molar-refractivity contribution in [3.8, 4) is 0 Å². The molecular formula is C10H18N2O2. The van der Waals surface area contributed by atoms with Gasteiger partial charge in [-0.2, -0.15) is 0 Å². The van der Waals surface area contributed by atoms with Gasteiger partial charge >= 0.3 is 0 Å². The second kappa shape index (κ2) is 6.18. The highest BCUT2D eigenvalue weighted by Gasteiger charge is 2.14. The average Bonchev–Trinajstić information content (AvgIpc) is 2.15. The van der Waals surface area contributed by atoms with Gasteiger partial charge in [0, 0.05) is 20.6 Å². The second-order valence-electron chi connectivity index (χ2n) is 3.25. The predicted octanol–water partition coefficient (Wildman–Crippen LogP) is 0.499. The first kappa shape index (κ1) is 12.7. The Morgan fingerprint density at radius 3 is 2.29 bits per heavy atom. The summed E-state index contributed by atoms with van der Waals surface area (Å²) in [5, 5.41) is 0. The van der Waals surface area contributed by atoms with Crippen LogP contribution in [-0.4, -0.2) is 48.8 Å². The highest BCUT2D eigenvalue weighted by molar-refractivity contribution is 5.90. The monoisotopic (exact) mass is 198 g/mol. The molecule has 0 atom stereocenters. The Balaban J connectivity index is 4.29. The molecule has 14 heavy (non-hydrogen) atoms. The standard InChI is InChI=1S/C10H18N2O2/c1-5-7-12(9(13)6-2)8-10(14)11(3)4/h6H,2,5,7-8H2,1,3-4H3. The highest BCUT2D eigenvalue weighted by atomic mass is 16.2. The summed E-state index contributed by atoms with van der Waals surface area (Å²) < 4.78 is 0. The third kappa shape index (κ3) is 4.07. The number of hydrogen-bond acceptors (Lipinski definition) is 2. The van der Waals surface area contributed by atoms with Crippen LogP contribution < -0.4 is 0 Å². The van der Waals surface area contributed by atoms with Crippen molar-refractivity contribution in [2.24, 2.45) is 0 Å². The van der Waals surface area contributed by atoms with E-state index < -0.39 is 0 Å². The van der Waals surface area contributed by atoms with Crippen LogP contribution in [0.15, 0.2) is 12.7 Å². The summed E-state index contributed by atoms with van der Waals surface area (Å²) >= 11 is 0. The maximum Gasteiger partial charge on any atom is 0.246 e. The number of hydrogen-bond donors (Lipinski definition) is 0. The van der Waals surface area contributed by atoms with Gasteiger partial charge in [-0.15, -0.1) is 0 Å². The SMILES string of the molecule is C=CC(=O)N(CCC)CC(=O)N(C)C. The molecule has 0 saturated heterocycles. The molecule has 0 aliphatic rings. The molecule has 0 aliphatic heterocycles. The minimum Gasteiger partial charge on any atom is -0.347 e. The molecule has 0 aromatic carbocycles. The molecule has 0 heterocycles. The molecule has 4 heteroatoms. The van der Waals surface area contributed by atoms with E-state index >= 15 is 0 Å². The Labute approximate surface area is 85.2 Å². The minimum atomic E-state index is -0.193. The zero-order chi connectivity index (χ0) is 11.1. The normalized spacial score (nSPS) is 9.36. The van der Waals surface area contributed by atoms with Gasteiger partial charge in [0.1, 0.15) is 0 Å². The summed E-state index contributed by atoms with van der Waals surface area (Å²) in [7, 11) is 3.34. The van der Waals surface area contributed by atoms with Gasteiger partial charge in [0.2, 0.25) is 11.8 Å². The van der Waals surface area contributed by atoms with Crippen molar-refractivity contribution >= 4 is 11.8 Å². The van der Waals surface area contributed by atoms with E-state index in [2.05, 4.69) is 6.58 Å². The van der Waals surface area contributed by atoms with Crippen molar-refractivity contribution in [1.29, 1.82) is 0 Å². The predicted molar refractivity (Wildman–Crippen MR) is 55.8 cm³/mol. The third-order valence-corrected chi connectivity index (χ3v) is 1.80. The molecule has 0 aromatic heterocycles. The van der Waals surface area contributed by atoms with Crippen molar-refractivity contribution < 1.29 is 9.59 Å². The van der Waals surface area contributed by atoms with Gasteiger partial charge in [-0.05, 0) is 12.5 Å². The summed E-state index contributed by atoms with van der Waals surface area (Å²) in [6.07, 6.45) is 2.07. The molecule has 0 unspecified atom stereocenters. The lowest BCUT2D eigenvalue weighted by Crippen LogP contribution is -2.39. The first-order chi connectivity index (χ1) is 6.52. The van der Waals surface area contributed by atoms with Crippen LogP contribution in [-0.2, 0) is 9.59 Å². The van der Waals surface area contributed by atoms with Gasteiger partial charge in [0.05, 0.1) is 6.54 Å². The van der Waals surface area contributed by atoms with Gasteiger partial charge in [-0.3, -0.25) is 9.59 Å². The van der Waals surface area contributed by atoms with Crippen molar-refractivity contribution in [2.45, 2.75) is 13.3 Å².